The Morgan fingerprint density at radius 1 is 1.04 bits per heavy atom. The molecule has 0 aliphatic carbocycles. The summed E-state index contributed by atoms with van der Waals surface area (Å²) < 4.78 is 10.7. The van der Waals surface area contributed by atoms with E-state index in [0.717, 1.165) is 22.7 Å². The van der Waals surface area contributed by atoms with Crippen LogP contribution in [0.5, 0.6) is 11.5 Å². The van der Waals surface area contributed by atoms with Crippen LogP contribution < -0.4 is 20.1 Å². The van der Waals surface area contributed by atoms with Gasteiger partial charge < -0.3 is 20.1 Å². The first-order chi connectivity index (χ1) is 13.7. The number of benzene rings is 1. The number of hydrogen-bond donors (Lipinski definition) is 2. The van der Waals surface area contributed by atoms with Gasteiger partial charge in [0.25, 0.3) is 5.91 Å². The SMILES string of the molecule is COc1ccc(OCCNC(=O)c2ccc(NCc3cccnc3)cn2)cc1. The molecule has 0 saturated heterocycles. The van der Waals surface area contributed by atoms with Crippen LogP contribution in [-0.2, 0) is 6.54 Å². The van der Waals surface area contributed by atoms with Crippen LogP contribution >= 0.6 is 0 Å². The third-order valence-corrected chi connectivity index (χ3v) is 3.93. The highest BCUT2D eigenvalue weighted by atomic mass is 16.5. The smallest absolute Gasteiger partial charge is 0.269 e. The Labute approximate surface area is 163 Å². The molecule has 3 aromatic rings. The summed E-state index contributed by atoms with van der Waals surface area (Å²) in [6.45, 7) is 1.39. The van der Waals surface area contributed by atoms with Crippen molar-refractivity contribution in [3.05, 3.63) is 78.4 Å². The van der Waals surface area contributed by atoms with Crippen LogP contribution in [0.25, 0.3) is 0 Å². The van der Waals surface area contributed by atoms with E-state index in [2.05, 4.69) is 20.6 Å². The van der Waals surface area contributed by atoms with Crippen molar-refractivity contribution in [2.75, 3.05) is 25.6 Å². The van der Waals surface area contributed by atoms with Crippen molar-refractivity contribution in [1.29, 1.82) is 0 Å². The highest BCUT2D eigenvalue weighted by molar-refractivity contribution is 5.92. The number of anilines is 1. The number of rotatable bonds is 9. The van der Waals surface area contributed by atoms with Gasteiger partial charge in [0, 0.05) is 18.9 Å². The van der Waals surface area contributed by atoms with Crippen molar-refractivity contribution < 1.29 is 14.3 Å². The van der Waals surface area contributed by atoms with E-state index in [1.54, 1.807) is 31.8 Å². The molecule has 0 bridgehead atoms. The molecule has 0 saturated carbocycles. The third kappa shape index (κ3) is 5.70. The quantitative estimate of drug-likeness (QED) is 0.557. The van der Waals surface area contributed by atoms with Crippen LogP contribution in [0.2, 0.25) is 0 Å². The van der Waals surface area contributed by atoms with Gasteiger partial charge >= 0.3 is 0 Å². The molecule has 3 rings (SSSR count). The van der Waals surface area contributed by atoms with Crippen molar-refractivity contribution in [3.63, 3.8) is 0 Å². The van der Waals surface area contributed by atoms with E-state index >= 15 is 0 Å². The van der Waals surface area contributed by atoms with Gasteiger partial charge in [-0.2, -0.15) is 0 Å². The highest BCUT2D eigenvalue weighted by Gasteiger charge is 2.06. The predicted molar refractivity (Wildman–Crippen MR) is 107 cm³/mol. The van der Waals surface area contributed by atoms with Gasteiger partial charge in [-0.05, 0) is 48.0 Å². The first kappa shape index (κ1) is 19.2. The zero-order chi connectivity index (χ0) is 19.6. The number of pyridine rings is 2. The summed E-state index contributed by atoms with van der Waals surface area (Å²) in [5.74, 6) is 1.25. The number of hydrogen-bond acceptors (Lipinski definition) is 6. The van der Waals surface area contributed by atoms with Crippen molar-refractivity contribution >= 4 is 11.6 Å². The van der Waals surface area contributed by atoms with Gasteiger partial charge in [-0.15, -0.1) is 0 Å². The van der Waals surface area contributed by atoms with Gasteiger partial charge in [0.2, 0.25) is 0 Å². The molecule has 2 N–H and O–H groups in total. The summed E-state index contributed by atoms with van der Waals surface area (Å²) in [4.78, 5) is 20.4. The number of methoxy groups -OCH3 is 1. The zero-order valence-electron chi connectivity index (χ0n) is 15.6. The molecule has 1 amide bonds. The Morgan fingerprint density at radius 3 is 2.54 bits per heavy atom. The topological polar surface area (TPSA) is 85.4 Å². The highest BCUT2D eigenvalue weighted by Crippen LogP contribution is 2.16. The number of aromatic nitrogens is 2. The number of amides is 1. The van der Waals surface area contributed by atoms with Gasteiger partial charge in [0.15, 0.2) is 0 Å². The van der Waals surface area contributed by atoms with Gasteiger partial charge in [0.1, 0.15) is 23.8 Å². The molecular formula is C21H22N4O3. The van der Waals surface area contributed by atoms with Crippen LogP contribution in [0.4, 0.5) is 5.69 Å². The minimum Gasteiger partial charge on any atom is -0.497 e. The minimum absolute atomic E-state index is 0.239. The Hall–Kier alpha value is -3.61. The maximum absolute atomic E-state index is 12.2. The molecule has 1 aromatic carbocycles. The summed E-state index contributed by atoms with van der Waals surface area (Å²) in [5.41, 5.74) is 2.26. The van der Waals surface area contributed by atoms with Crippen molar-refractivity contribution in [2.24, 2.45) is 0 Å². The molecule has 0 radical (unpaired) electrons. The van der Waals surface area contributed by atoms with Crippen molar-refractivity contribution in [2.45, 2.75) is 6.54 Å². The second kappa shape index (κ2) is 9.91. The van der Waals surface area contributed by atoms with Crippen molar-refractivity contribution in [3.8, 4) is 11.5 Å². The molecule has 0 unspecified atom stereocenters. The lowest BCUT2D eigenvalue weighted by Gasteiger charge is -2.09. The van der Waals surface area contributed by atoms with Crippen LogP contribution in [-0.4, -0.2) is 36.1 Å². The number of carbonyl (C=O) groups is 1. The Balaban J connectivity index is 1.40. The summed E-state index contributed by atoms with van der Waals surface area (Å²) >= 11 is 0. The number of nitrogens with zero attached hydrogens (tertiary/aromatic N) is 2. The van der Waals surface area contributed by atoms with Crippen LogP contribution in [0, 0.1) is 0 Å². The van der Waals surface area contributed by atoms with E-state index < -0.39 is 0 Å². The van der Waals surface area contributed by atoms with E-state index in [1.807, 2.05) is 42.5 Å². The van der Waals surface area contributed by atoms with E-state index in [4.69, 9.17) is 9.47 Å². The third-order valence-electron chi connectivity index (χ3n) is 3.93. The largest absolute Gasteiger partial charge is 0.497 e. The summed E-state index contributed by atoms with van der Waals surface area (Å²) in [5, 5.41) is 6.03. The first-order valence-electron chi connectivity index (χ1n) is 8.88. The fourth-order valence-corrected chi connectivity index (χ4v) is 2.44. The summed E-state index contributed by atoms with van der Waals surface area (Å²) in [6, 6.07) is 14.7. The van der Waals surface area contributed by atoms with Gasteiger partial charge in [0.05, 0.1) is 25.5 Å². The Morgan fingerprint density at radius 2 is 1.86 bits per heavy atom. The van der Waals surface area contributed by atoms with Crippen LogP contribution in [0.15, 0.2) is 67.1 Å². The number of carbonyl (C=O) groups excluding carboxylic acids is 1. The minimum atomic E-state index is -0.239. The van der Waals surface area contributed by atoms with Crippen LogP contribution in [0.3, 0.4) is 0 Å². The lowest BCUT2D eigenvalue weighted by molar-refractivity contribution is 0.0942. The average Bonchev–Trinajstić information content (AvgIpc) is 2.76. The lowest BCUT2D eigenvalue weighted by atomic mass is 10.2. The summed E-state index contributed by atoms with van der Waals surface area (Å²) in [7, 11) is 1.61. The van der Waals surface area contributed by atoms with Gasteiger partial charge in [-0.1, -0.05) is 6.07 Å². The molecule has 0 aliphatic heterocycles. The molecule has 28 heavy (non-hydrogen) atoms. The molecule has 0 spiro atoms. The lowest BCUT2D eigenvalue weighted by Crippen LogP contribution is -2.28. The fraction of sp³-hybridized carbons (Fsp3) is 0.190. The molecule has 144 valence electrons. The maximum atomic E-state index is 12.2. The normalized spacial score (nSPS) is 10.2. The first-order valence-corrected chi connectivity index (χ1v) is 8.88. The standard InChI is InChI=1S/C21H22N4O3/c1-27-18-5-7-19(8-6-18)28-12-11-23-21(26)20-9-4-17(15-25-20)24-14-16-3-2-10-22-13-16/h2-10,13,15,24H,11-12,14H2,1H3,(H,23,26). The molecule has 0 fully saturated rings. The molecule has 2 heterocycles. The van der Waals surface area contributed by atoms with E-state index in [0.29, 0.717) is 25.4 Å². The van der Waals surface area contributed by atoms with Gasteiger partial charge in [-0.25, -0.2) is 4.98 Å². The van der Waals surface area contributed by atoms with Crippen molar-refractivity contribution in [1.82, 2.24) is 15.3 Å². The molecule has 7 heteroatoms. The second-order valence-corrected chi connectivity index (χ2v) is 5.93. The average molecular weight is 378 g/mol. The zero-order valence-corrected chi connectivity index (χ0v) is 15.6. The second-order valence-electron chi connectivity index (χ2n) is 5.93. The Bertz CT molecular complexity index is 868. The molecular weight excluding hydrogens is 356 g/mol. The van der Waals surface area contributed by atoms with E-state index in [1.165, 1.54) is 0 Å². The summed E-state index contributed by atoms with van der Waals surface area (Å²) in [6.07, 6.45) is 5.18. The predicted octanol–water partition coefficient (Wildman–Crippen LogP) is 2.91. The van der Waals surface area contributed by atoms with E-state index in [9.17, 15) is 4.79 Å². The number of ether oxygens (including phenoxy) is 2. The molecule has 2 aromatic heterocycles. The fourth-order valence-electron chi connectivity index (χ4n) is 2.44. The van der Waals surface area contributed by atoms with Crippen LogP contribution in [0.1, 0.15) is 16.1 Å². The number of nitrogens with one attached hydrogen (secondary N) is 2. The molecule has 0 aliphatic rings. The monoisotopic (exact) mass is 378 g/mol. The van der Waals surface area contributed by atoms with Gasteiger partial charge in [-0.3, -0.25) is 9.78 Å². The Kier molecular flexibility index (Phi) is 6.78. The molecule has 0 atom stereocenters. The molecule has 7 nitrogen and oxygen atoms in total. The van der Waals surface area contributed by atoms with E-state index in [-0.39, 0.29) is 5.91 Å². The maximum Gasteiger partial charge on any atom is 0.269 e.